The fourth-order valence-electron chi connectivity index (χ4n) is 2.03. The lowest BCUT2D eigenvalue weighted by molar-refractivity contribution is -0.136. The molecule has 0 unspecified atom stereocenters. The Bertz CT molecular complexity index is 860. The van der Waals surface area contributed by atoms with Crippen LogP contribution in [0.15, 0.2) is 59.0 Å². The average Bonchev–Trinajstić information content (AvgIpc) is 3.05. The van der Waals surface area contributed by atoms with E-state index in [1.807, 2.05) is 0 Å². The molecule has 0 saturated heterocycles. The number of alkyl halides is 3. The number of carbonyl (C=O) groups excluding carboxylic acids is 1. The van der Waals surface area contributed by atoms with Crippen LogP contribution in [0.1, 0.15) is 16.2 Å². The molecule has 8 heteroatoms. The van der Waals surface area contributed by atoms with Crippen LogP contribution in [0, 0.1) is 0 Å². The number of nitrogens with zero attached hydrogens (tertiary/aromatic N) is 2. The van der Waals surface area contributed by atoms with Gasteiger partial charge in [-0.25, -0.2) is 0 Å². The van der Waals surface area contributed by atoms with E-state index in [4.69, 9.17) is 4.42 Å². The Morgan fingerprint density at radius 2 is 1.62 bits per heavy atom. The van der Waals surface area contributed by atoms with Crippen molar-refractivity contribution in [2.45, 2.75) is 6.18 Å². The predicted molar refractivity (Wildman–Crippen MR) is 79.1 cm³/mol. The summed E-state index contributed by atoms with van der Waals surface area (Å²) in [5, 5.41) is 9.43. The van der Waals surface area contributed by atoms with Gasteiger partial charge in [-0.1, -0.05) is 30.3 Å². The van der Waals surface area contributed by atoms with Crippen molar-refractivity contribution in [3.63, 3.8) is 0 Å². The number of hydrogen-bond donors (Lipinski definition) is 1. The number of carbonyl (C=O) groups is 1. The van der Waals surface area contributed by atoms with Crippen LogP contribution in [0.2, 0.25) is 0 Å². The molecule has 0 bridgehead atoms. The molecule has 1 heterocycles. The number of rotatable bonds is 3. The Hall–Kier alpha value is -3.16. The van der Waals surface area contributed by atoms with Crippen molar-refractivity contribution in [2.75, 3.05) is 5.32 Å². The summed E-state index contributed by atoms with van der Waals surface area (Å²) < 4.78 is 44.0. The molecule has 0 atom stereocenters. The van der Waals surface area contributed by atoms with E-state index in [0.717, 1.165) is 12.1 Å². The molecule has 0 spiro atoms. The second-order valence-corrected chi connectivity index (χ2v) is 4.78. The molecule has 0 radical (unpaired) electrons. The topological polar surface area (TPSA) is 68.0 Å². The van der Waals surface area contributed by atoms with Crippen molar-refractivity contribution < 1.29 is 22.4 Å². The van der Waals surface area contributed by atoms with Gasteiger partial charge in [0, 0.05) is 5.56 Å². The zero-order valence-corrected chi connectivity index (χ0v) is 12.0. The van der Waals surface area contributed by atoms with Gasteiger partial charge in [0.2, 0.25) is 5.89 Å². The zero-order valence-electron chi connectivity index (χ0n) is 12.0. The van der Waals surface area contributed by atoms with E-state index in [1.54, 1.807) is 30.3 Å². The second-order valence-electron chi connectivity index (χ2n) is 4.78. The average molecular weight is 333 g/mol. The first kappa shape index (κ1) is 15.7. The lowest BCUT2D eigenvalue weighted by atomic mass is 10.1. The number of anilines is 1. The van der Waals surface area contributed by atoms with Crippen molar-refractivity contribution in [3.05, 3.63) is 66.1 Å². The molecular weight excluding hydrogens is 323 g/mol. The highest BCUT2D eigenvalue weighted by Crippen LogP contribution is 2.34. The number of nitrogens with one attached hydrogen (secondary N) is 1. The Labute approximate surface area is 134 Å². The van der Waals surface area contributed by atoms with Gasteiger partial charge in [-0.15, -0.1) is 10.2 Å². The first-order valence-corrected chi connectivity index (χ1v) is 6.81. The Balaban J connectivity index is 1.83. The molecule has 2 aromatic carbocycles. The lowest BCUT2D eigenvalue weighted by Crippen LogP contribution is -2.16. The molecule has 0 aliphatic heterocycles. The van der Waals surface area contributed by atoms with E-state index < -0.39 is 23.5 Å². The van der Waals surface area contributed by atoms with Gasteiger partial charge in [0.1, 0.15) is 0 Å². The highest BCUT2D eigenvalue weighted by atomic mass is 19.4. The standard InChI is InChI=1S/C16H10F3N3O2/c17-16(18,19)11-8-4-5-9-12(11)20-13(23)15-22-21-14(24-15)10-6-2-1-3-7-10/h1-9H,(H,20,23). The van der Waals surface area contributed by atoms with E-state index in [0.29, 0.717) is 5.56 Å². The lowest BCUT2D eigenvalue weighted by Gasteiger charge is -2.12. The van der Waals surface area contributed by atoms with Crippen LogP contribution in [0.25, 0.3) is 11.5 Å². The summed E-state index contributed by atoms with van der Waals surface area (Å²) in [5.41, 5.74) is -0.740. The molecule has 0 fully saturated rings. The maximum absolute atomic E-state index is 12.9. The molecule has 0 saturated carbocycles. The van der Waals surface area contributed by atoms with E-state index in [9.17, 15) is 18.0 Å². The smallest absolute Gasteiger partial charge is 0.412 e. The Morgan fingerprint density at radius 1 is 0.958 bits per heavy atom. The summed E-state index contributed by atoms with van der Waals surface area (Å²) >= 11 is 0. The molecule has 1 aromatic heterocycles. The SMILES string of the molecule is O=C(Nc1ccccc1C(F)(F)F)c1nnc(-c2ccccc2)o1. The van der Waals surface area contributed by atoms with E-state index in [2.05, 4.69) is 15.5 Å². The van der Waals surface area contributed by atoms with Crippen molar-refractivity contribution in [1.82, 2.24) is 10.2 Å². The molecule has 3 aromatic rings. The third-order valence-electron chi connectivity index (χ3n) is 3.12. The summed E-state index contributed by atoms with van der Waals surface area (Å²) in [6.45, 7) is 0. The zero-order chi connectivity index (χ0) is 17.2. The van der Waals surface area contributed by atoms with E-state index >= 15 is 0 Å². The summed E-state index contributed by atoms with van der Waals surface area (Å²) in [5.74, 6) is -1.24. The molecule has 1 amide bonds. The molecule has 1 N–H and O–H groups in total. The van der Waals surface area contributed by atoms with Crippen LogP contribution < -0.4 is 5.32 Å². The maximum Gasteiger partial charge on any atom is 0.418 e. The van der Waals surface area contributed by atoms with Gasteiger partial charge in [-0.05, 0) is 24.3 Å². The first-order valence-electron chi connectivity index (χ1n) is 6.81. The quantitative estimate of drug-likeness (QED) is 0.786. The van der Waals surface area contributed by atoms with Gasteiger partial charge in [0.05, 0.1) is 11.3 Å². The molecule has 122 valence electrons. The predicted octanol–water partition coefficient (Wildman–Crippen LogP) is 4.01. The van der Waals surface area contributed by atoms with Crippen LogP contribution >= 0.6 is 0 Å². The van der Waals surface area contributed by atoms with Crippen LogP contribution in [0.5, 0.6) is 0 Å². The highest BCUT2D eigenvalue weighted by molar-refractivity contribution is 6.01. The van der Waals surface area contributed by atoms with Crippen LogP contribution in [-0.2, 0) is 6.18 Å². The maximum atomic E-state index is 12.9. The van der Waals surface area contributed by atoms with Crippen molar-refractivity contribution in [2.24, 2.45) is 0 Å². The van der Waals surface area contributed by atoms with Crippen LogP contribution in [0.4, 0.5) is 18.9 Å². The van der Waals surface area contributed by atoms with E-state index in [1.165, 1.54) is 12.1 Å². The minimum absolute atomic E-state index is 0.102. The third-order valence-corrected chi connectivity index (χ3v) is 3.12. The summed E-state index contributed by atoms with van der Waals surface area (Å²) in [6, 6.07) is 13.3. The van der Waals surface area contributed by atoms with Crippen molar-refractivity contribution in [3.8, 4) is 11.5 Å². The number of halogens is 3. The minimum Gasteiger partial charge on any atom is -0.412 e. The fraction of sp³-hybridized carbons (Fsp3) is 0.0625. The molecular formula is C16H10F3N3O2. The second kappa shape index (κ2) is 6.15. The van der Waals surface area contributed by atoms with E-state index in [-0.39, 0.29) is 11.6 Å². The summed E-state index contributed by atoms with van der Waals surface area (Å²) in [6.07, 6.45) is -4.59. The first-order chi connectivity index (χ1) is 11.4. The fourth-order valence-corrected chi connectivity index (χ4v) is 2.03. The molecule has 0 aliphatic carbocycles. The van der Waals surface area contributed by atoms with Crippen LogP contribution in [-0.4, -0.2) is 16.1 Å². The summed E-state index contributed by atoms with van der Waals surface area (Å²) in [7, 11) is 0. The monoisotopic (exact) mass is 333 g/mol. The Kier molecular flexibility index (Phi) is 4.03. The molecule has 24 heavy (non-hydrogen) atoms. The van der Waals surface area contributed by atoms with Crippen molar-refractivity contribution >= 4 is 11.6 Å². The number of para-hydroxylation sites is 1. The van der Waals surface area contributed by atoms with Gasteiger partial charge in [-0.3, -0.25) is 4.79 Å². The van der Waals surface area contributed by atoms with Gasteiger partial charge in [-0.2, -0.15) is 13.2 Å². The minimum atomic E-state index is -4.59. The number of hydrogen-bond acceptors (Lipinski definition) is 4. The third kappa shape index (κ3) is 3.27. The normalized spacial score (nSPS) is 11.3. The molecule has 3 rings (SSSR count). The summed E-state index contributed by atoms with van der Waals surface area (Å²) in [4.78, 5) is 12.1. The van der Waals surface area contributed by atoms with Gasteiger partial charge >= 0.3 is 18.0 Å². The number of amides is 1. The largest absolute Gasteiger partial charge is 0.418 e. The molecule has 5 nitrogen and oxygen atoms in total. The highest BCUT2D eigenvalue weighted by Gasteiger charge is 2.34. The van der Waals surface area contributed by atoms with Gasteiger partial charge < -0.3 is 9.73 Å². The molecule has 0 aliphatic rings. The Morgan fingerprint density at radius 3 is 2.33 bits per heavy atom. The number of aromatic nitrogens is 2. The van der Waals surface area contributed by atoms with Gasteiger partial charge in [0.25, 0.3) is 0 Å². The van der Waals surface area contributed by atoms with Crippen molar-refractivity contribution in [1.29, 1.82) is 0 Å². The van der Waals surface area contributed by atoms with Gasteiger partial charge in [0.15, 0.2) is 0 Å². The number of benzene rings is 2. The van der Waals surface area contributed by atoms with Crippen LogP contribution in [0.3, 0.4) is 0 Å².